The molecule has 0 spiro atoms. The number of aliphatic hydroxyl groups is 11. The molecule has 4 saturated carbocycles. The second kappa shape index (κ2) is 17.7. The van der Waals surface area contributed by atoms with Crippen molar-refractivity contribution in [2.45, 2.75) is 217 Å². The molecule has 18 nitrogen and oxygen atoms in total. The Kier molecular flexibility index (Phi) is 13.7. The van der Waals surface area contributed by atoms with Gasteiger partial charge < -0.3 is 84.6 Å². The predicted octanol–water partition coefficient (Wildman–Crippen LogP) is 0.139. The molecule has 3 saturated heterocycles. The lowest BCUT2D eigenvalue weighted by molar-refractivity contribution is -0.376. The molecule has 8 aliphatic rings. The van der Waals surface area contributed by atoms with Crippen molar-refractivity contribution in [3.05, 3.63) is 11.6 Å². The summed E-state index contributed by atoms with van der Waals surface area (Å²) in [4.78, 5) is 14.8. The van der Waals surface area contributed by atoms with Crippen molar-refractivity contribution in [2.75, 3.05) is 13.2 Å². The van der Waals surface area contributed by atoms with Gasteiger partial charge in [-0.1, -0.05) is 53.2 Å². The Bertz CT molecular complexity index is 1810. The first-order valence-corrected chi connectivity index (χ1v) is 24.3. The van der Waals surface area contributed by atoms with Gasteiger partial charge in [0.05, 0.1) is 36.4 Å². The van der Waals surface area contributed by atoms with E-state index in [1.807, 2.05) is 13.8 Å². The summed E-state index contributed by atoms with van der Waals surface area (Å²) < 4.78 is 36.2. The van der Waals surface area contributed by atoms with E-state index in [1.54, 1.807) is 0 Å². The van der Waals surface area contributed by atoms with Crippen LogP contribution in [0.5, 0.6) is 0 Å². The number of aliphatic hydroxyl groups excluding tert-OH is 10. The summed E-state index contributed by atoms with van der Waals surface area (Å²) in [5.74, 6) is -1.13. The van der Waals surface area contributed by atoms with Crippen molar-refractivity contribution in [3.63, 3.8) is 0 Å². The number of esters is 1. The molecule has 11 N–H and O–H groups in total. The molecule has 378 valence electrons. The molecule has 3 aliphatic heterocycles. The van der Waals surface area contributed by atoms with Crippen molar-refractivity contribution in [3.8, 4) is 0 Å². The van der Waals surface area contributed by atoms with E-state index >= 15 is 0 Å². The molecule has 8 rings (SSSR count). The largest absolute Gasteiger partial charge is 0.432 e. The van der Waals surface area contributed by atoms with E-state index in [2.05, 4.69) is 40.7 Å². The number of carbonyl (C=O) groups is 1. The molecule has 18 heteroatoms. The average molecular weight is 943 g/mol. The van der Waals surface area contributed by atoms with E-state index in [0.29, 0.717) is 38.5 Å². The van der Waals surface area contributed by atoms with Crippen molar-refractivity contribution >= 4 is 5.97 Å². The van der Waals surface area contributed by atoms with Crippen molar-refractivity contribution < 1.29 is 89.4 Å². The molecule has 0 unspecified atom stereocenters. The first kappa shape index (κ1) is 50.9. The fourth-order valence-corrected chi connectivity index (χ4v) is 15.2. The normalized spacial score (nSPS) is 55.9. The fourth-order valence-electron chi connectivity index (χ4n) is 15.2. The number of hydrogen-bond acceptors (Lipinski definition) is 18. The second-order valence-corrected chi connectivity index (χ2v) is 23.1. The van der Waals surface area contributed by atoms with Crippen LogP contribution in [0.15, 0.2) is 11.6 Å². The standard InChI is InChI=1S/C48H78O18/c1-21-11-16-48(42(59)66-40-36(58)33(55)30(52)24(19-49)62-40)18-17-45(6)23(38(48)47(21,8)60)9-10-27-44(5)14-13-28(43(3,4)26(44)12-15-46(27,45)7)64-41-37(34(56)31(53)25(20-50)63-41)65-39-35(57)32(54)29(51)22(2)61-39/h9,21-22,24-41,49-58,60H,10-20H2,1-8H3/t21-,22+,24+,25-,26+,27-,28+,29+,30+,31-,32-,33-,34+,35-,36+,37-,38-,39+,40-,41+,44+,45-,46-,47-,48+/m1/s1. The van der Waals surface area contributed by atoms with Gasteiger partial charge in [-0.3, -0.25) is 4.79 Å². The molecule has 0 bridgehead atoms. The van der Waals surface area contributed by atoms with Crippen LogP contribution in [0.1, 0.15) is 113 Å². The third kappa shape index (κ3) is 7.52. The first-order chi connectivity index (χ1) is 30.8. The smallest absolute Gasteiger partial charge is 0.315 e. The van der Waals surface area contributed by atoms with E-state index in [4.69, 9.17) is 28.4 Å². The Morgan fingerprint density at radius 1 is 0.652 bits per heavy atom. The molecule has 25 atom stereocenters. The molecular formula is C48H78O18. The maximum absolute atomic E-state index is 14.8. The highest BCUT2D eigenvalue weighted by Gasteiger charge is 2.72. The SMILES string of the molecule is C[C@@H]1O[C@@H](O[C@H]2[C@H](O[C@H]3CC[C@]4(C)[C@H]5CC=C6[C@H]7[C@](C(=O)O[C@H]8O[C@@H](CO)[C@H](O)[C@@H](O)[C@@H]8O)(CC[C@@H](C)[C@@]7(C)O)CC[C@@]6(C)[C@]5(C)CC[C@H]4C3(C)C)O[C@H](CO)[C@@H](O)[C@@H]2O)[C@H](O)[C@H](O)[C@H]1O. The fraction of sp³-hybridized carbons (Fsp3) is 0.938. The van der Waals surface area contributed by atoms with Crippen LogP contribution in [0.2, 0.25) is 0 Å². The van der Waals surface area contributed by atoms with Crippen LogP contribution in [0, 0.1) is 50.7 Å². The lowest BCUT2D eigenvalue weighted by atomic mass is 9.33. The molecule has 66 heavy (non-hydrogen) atoms. The highest BCUT2D eigenvalue weighted by molar-refractivity contribution is 5.79. The minimum Gasteiger partial charge on any atom is -0.432 e. The number of carbonyl (C=O) groups excluding carboxylic acids is 1. The first-order valence-electron chi connectivity index (χ1n) is 24.3. The van der Waals surface area contributed by atoms with Gasteiger partial charge in [0.15, 0.2) is 12.6 Å². The van der Waals surface area contributed by atoms with Gasteiger partial charge in [0.1, 0.15) is 67.1 Å². The van der Waals surface area contributed by atoms with Gasteiger partial charge in [0, 0.05) is 5.92 Å². The van der Waals surface area contributed by atoms with Gasteiger partial charge in [-0.15, -0.1) is 0 Å². The van der Waals surface area contributed by atoms with E-state index in [-0.39, 0.29) is 28.6 Å². The molecule has 0 aromatic rings. The molecule has 0 aromatic heterocycles. The summed E-state index contributed by atoms with van der Waals surface area (Å²) in [6, 6.07) is 0. The summed E-state index contributed by atoms with van der Waals surface area (Å²) in [6.45, 7) is 15.4. The van der Waals surface area contributed by atoms with E-state index < -0.39 is 145 Å². The molecule has 0 radical (unpaired) electrons. The summed E-state index contributed by atoms with van der Waals surface area (Å²) in [5.41, 5.74) is -2.86. The minimum absolute atomic E-state index is 0.127. The molecule has 7 fully saturated rings. The molecule has 0 amide bonds. The number of ether oxygens (including phenoxy) is 6. The van der Waals surface area contributed by atoms with Gasteiger partial charge in [0.2, 0.25) is 6.29 Å². The Labute approximate surface area is 387 Å². The van der Waals surface area contributed by atoms with Gasteiger partial charge in [0.25, 0.3) is 0 Å². The van der Waals surface area contributed by atoms with Crippen LogP contribution >= 0.6 is 0 Å². The molecule has 0 aromatic carbocycles. The van der Waals surface area contributed by atoms with Crippen molar-refractivity contribution in [1.29, 1.82) is 0 Å². The average Bonchev–Trinajstić information content (AvgIpc) is 3.26. The lowest BCUT2D eigenvalue weighted by Crippen LogP contribution is -2.68. The summed E-state index contributed by atoms with van der Waals surface area (Å²) in [7, 11) is 0. The Morgan fingerprint density at radius 2 is 1.26 bits per heavy atom. The zero-order valence-electron chi connectivity index (χ0n) is 39.7. The number of fused-ring (bicyclic) bond motifs is 7. The molecular weight excluding hydrogens is 865 g/mol. The van der Waals surface area contributed by atoms with E-state index in [9.17, 15) is 61.0 Å². The van der Waals surface area contributed by atoms with Crippen LogP contribution in [-0.4, -0.2) is 179 Å². The van der Waals surface area contributed by atoms with E-state index in [1.165, 1.54) is 6.92 Å². The van der Waals surface area contributed by atoms with Gasteiger partial charge >= 0.3 is 5.97 Å². The third-order valence-corrected chi connectivity index (χ3v) is 19.7. The second-order valence-electron chi connectivity index (χ2n) is 23.1. The third-order valence-electron chi connectivity index (χ3n) is 19.7. The Hall–Kier alpha value is -1.43. The maximum atomic E-state index is 14.8. The predicted molar refractivity (Wildman–Crippen MR) is 230 cm³/mol. The minimum atomic E-state index is -1.76. The van der Waals surface area contributed by atoms with Gasteiger partial charge in [-0.25, -0.2) is 0 Å². The highest BCUT2D eigenvalue weighted by atomic mass is 16.8. The molecule has 5 aliphatic carbocycles. The van der Waals surface area contributed by atoms with Crippen LogP contribution in [-0.2, 0) is 33.2 Å². The van der Waals surface area contributed by atoms with Crippen LogP contribution in [0.25, 0.3) is 0 Å². The van der Waals surface area contributed by atoms with Gasteiger partial charge in [-0.2, -0.15) is 0 Å². The topological polar surface area (TPSA) is 295 Å². The monoisotopic (exact) mass is 943 g/mol. The van der Waals surface area contributed by atoms with Gasteiger partial charge in [-0.05, 0) is 111 Å². The summed E-state index contributed by atoms with van der Waals surface area (Å²) in [6.07, 6.45) is -14.7. The quantitative estimate of drug-likeness (QED) is 0.0877. The number of allylic oxidation sites excluding steroid dienone is 1. The van der Waals surface area contributed by atoms with Crippen molar-refractivity contribution in [1.82, 2.24) is 0 Å². The maximum Gasteiger partial charge on any atom is 0.315 e. The molecule has 3 heterocycles. The zero-order chi connectivity index (χ0) is 48.4. The van der Waals surface area contributed by atoms with Crippen LogP contribution in [0.3, 0.4) is 0 Å². The summed E-state index contributed by atoms with van der Waals surface area (Å²) in [5, 5.41) is 118. The lowest BCUT2D eigenvalue weighted by Gasteiger charge is -2.72. The number of hydrogen-bond donors (Lipinski definition) is 11. The Balaban J connectivity index is 1.06. The summed E-state index contributed by atoms with van der Waals surface area (Å²) >= 11 is 0. The highest BCUT2D eigenvalue weighted by Crippen LogP contribution is 2.76. The van der Waals surface area contributed by atoms with Crippen molar-refractivity contribution in [2.24, 2.45) is 50.7 Å². The van der Waals surface area contributed by atoms with E-state index in [0.717, 1.165) is 24.8 Å². The zero-order valence-corrected chi connectivity index (χ0v) is 39.7. The number of rotatable bonds is 8. The van der Waals surface area contributed by atoms with Crippen LogP contribution in [0.4, 0.5) is 0 Å². The van der Waals surface area contributed by atoms with Crippen LogP contribution < -0.4 is 0 Å². The Morgan fingerprint density at radius 3 is 1.91 bits per heavy atom.